The number of amides is 1. The summed E-state index contributed by atoms with van der Waals surface area (Å²) in [5.41, 5.74) is 1.15. The number of aryl methyl sites for hydroxylation is 1. The standard InChI is InChI=1S/C15H19F3N2O.ClH/c16-15(17,18)7-4-11-2-1-3-13(10-11)20-14(21)12-5-8-19-9-6-12;/h1-3,10,12,19H,4-9H2,(H,20,21);1H. The van der Waals surface area contributed by atoms with Crippen LogP contribution in [0.3, 0.4) is 0 Å². The first-order valence-corrected chi connectivity index (χ1v) is 7.11. The molecule has 124 valence electrons. The maximum Gasteiger partial charge on any atom is 0.389 e. The summed E-state index contributed by atoms with van der Waals surface area (Å²) < 4.78 is 36.7. The number of rotatable bonds is 4. The Balaban J connectivity index is 0.00000242. The highest BCUT2D eigenvalue weighted by atomic mass is 35.5. The summed E-state index contributed by atoms with van der Waals surface area (Å²) in [5, 5.41) is 5.99. The number of piperidine rings is 1. The average Bonchev–Trinajstić information content (AvgIpc) is 2.46. The van der Waals surface area contributed by atoms with Crippen molar-refractivity contribution in [2.75, 3.05) is 18.4 Å². The average molecular weight is 337 g/mol. The van der Waals surface area contributed by atoms with Gasteiger partial charge >= 0.3 is 6.18 Å². The van der Waals surface area contributed by atoms with Gasteiger partial charge in [-0.2, -0.15) is 13.2 Å². The number of benzene rings is 1. The Bertz CT molecular complexity index is 488. The number of carbonyl (C=O) groups excluding carboxylic acids is 1. The van der Waals surface area contributed by atoms with Crippen LogP contribution in [0.5, 0.6) is 0 Å². The second-order valence-corrected chi connectivity index (χ2v) is 5.33. The first-order chi connectivity index (χ1) is 9.94. The van der Waals surface area contributed by atoms with Crippen molar-refractivity contribution >= 4 is 24.0 Å². The number of hydrogen-bond acceptors (Lipinski definition) is 2. The van der Waals surface area contributed by atoms with Gasteiger partial charge in [0, 0.05) is 18.0 Å². The van der Waals surface area contributed by atoms with Crippen LogP contribution in [0, 0.1) is 5.92 Å². The molecule has 3 nitrogen and oxygen atoms in total. The van der Waals surface area contributed by atoms with E-state index in [-0.39, 0.29) is 30.7 Å². The van der Waals surface area contributed by atoms with Crippen LogP contribution in [0.1, 0.15) is 24.8 Å². The van der Waals surface area contributed by atoms with Gasteiger partial charge in [0.2, 0.25) is 5.91 Å². The molecule has 0 aromatic heterocycles. The minimum absolute atomic E-state index is 0. The van der Waals surface area contributed by atoms with Crippen LogP contribution in [0.25, 0.3) is 0 Å². The topological polar surface area (TPSA) is 41.1 Å². The first kappa shape index (κ1) is 18.8. The van der Waals surface area contributed by atoms with Gasteiger partial charge in [0.25, 0.3) is 0 Å². The van der Waals surface area contributed by atoms with Gasteiger partial charge in [0.15, 0.2) is 0 Å². The molecule has 2 rings (SSSR count). The fourth-order valence-electron chi connectivity index (χ4n) is 2.42. The number of carbonyl (C=O) groups is 1. The van der Waals surface area contributed by atoms with Gasteiger partial charge < -0.3 is 10.6 Å². The van der Waals surface area contributed by atoms with Crippen LogP contribution < -0.4 is 10.6 Å². The third kappa shape index (κ3) is 6.23. The maximum absolute atomic E-state index is 12.2. The van der Waals surface area contributed by atoms with E-state index in [0.29, 0.717) is 11.3 Å². The van der Waals surface area contributed by atoms with E-state index in [4.69, 9.17) is 0 Å². The smallest absolute Gasteiger partial charge is 0.326 e. The molecule has 1 aromatic carbocycles. The molecular formula is C15H20ClF3N2O. The third-order valence-electron chi connectivity index (χ3n) is 3.60. The monoisotopic (exact) mass is 336 g/mol. The molecule has 0 aliphatic carbocycles. The van der Waals surface area contributed by atoms with Crippen molar-refractivity contribution in [3.05, 3.63) is 29.8 Å². The lowest BCUT2D eigenvalue weighted by atomic mass is 9.97. The molecule has 2 N–H and O–H groups in total. The molecule has 0 atom stereocenters. The van der Waals surface area contributed by atoms with E-state index < -0.39 is 12.6 Å². The Morgan fingerprint density at radius 2 is 1.95 bits per heavy atom. The molecule has 1 fully saturated rings. The molecular weight excluding hydrogens is 317 g/mol. The van der Waals surface area contributed by atoms with E-state index >= 15 is 0 Å². The second-order valence-electron chi connectivity index (χ2n) is 5.33. The Morgan fingerprint density at radius 3 is 2.59 bits per heavy atom. The summed E-state index contributed by atoms with van der Waals surface area (Å²) >= 11 is 0. The molecule has 1 amide bonds. The van der Waals surface area contributed by atoms with Gasteiger partial charge in [0.1, 0.15) is 0 Å². The SMILES string of the molecule is Cl.O=C(Nc1cccc(CCC(F)(F)F)c1)C1CCNCC1. The summed E-state index contributed by atoms with van der Waals surface area (Å²) in [6.45, 7) is 1.65. The fourth-order valence-corrected chi connectivity index (χ4v) is 2.42. The van der Waals surface area contributed by atoms with E-state index in [1.165, 1.54) is 0 Å². The Labute approximate surface area is 134 Å². The van der Waals surface area contributed by atoms with E-state index in [2.05, 4.69) is 10.6 Å². The van der Waals surface area contributed by atoms with Gasteiger partial charge in [-0.15, -0.1) is 12.4 Å². The number of nitrogens with one attached hydrogen (secondary N) is 2. The van der Waals surface area contributed by atoms with E-state index in [9.17, 15) is 18.0 Å². The summed E-state index contributed by atoms with van der Waals surface area (Å²) in [5.74, 6) is -0.0745. The van der Waals surface area contributed by atoms with Crippen LogP contribution in [0.2, 0.25) is 0 Å². The van der Waals surface area contributed by atoms with Gasteiger partial charge in [-0.3, -0.25) is 4.79 Å². The highest BCUT2D eigenvalue weighted by molar-refractivity contribution is 5.92. The summed E-state index contributed by atoms with van der Waals surface area (Å²) in [6.07, 6.45) is -3.49. The lowest BCUT2D eigenvalue weighted by molar-refractivity contribution is -0.134. The lowest BCUT2D eigenvalue weighted by Gasteiger charge is -2.21. The summed E-state index contributed by atoms with van der Waals surface area (Å²) in [6, 6.07) is 6.64. The predicted molar refractivity (Wildman–Crippen MR) is 82.3 cm³/mol. The zero-order valence-corrected chi connectivity index (χ0v) is 12.9. The summed E-state index contributed by atoms with van der Waals surface area (Å²) in [4.78, 5) is 12.1. The molecule has 0 unspecified atom stereocenters. The molecule has 0 saturated carbocycles. The van der Waals surface area contributed by atoms with Crippen LogP contribution in [0.4, 0.5) is 18.9 Å². The molecule has 1 aliphatic heterocycles. The highest BCUT2D eigenvalue weighted by Crippen LogP contribution is 2.23. The molecule has 1 heterocycles. The molecule has 0 spiro atoms. The minimum atomic E-state index is -4.16. The fraction of sp³-hybridized carbons (Fsp3) is 0.533. The second kappa shape index (κ2) is 8.39. The quantitative estimate of drug-likeness (QED) is 0.883. The lowest BCUT2D eigenvalue weighted by Crippen LogP contribution is -2.34. The van der Waals surface area contributed by atoms with Crippen molar-refractivity contribution in [1.82, 2.24) is 5.32 Å². The van der Waals surface area contributed by atoms with Crippen LogP contribution in [-0.4, -0.2) is 25.2 Å². The van der Waals surface area contributed by atoms with Crippen molar-refractivity contribution in [2.45, 2.75) is 31.9 Å². The molecule has 0 bridgehead atoms. The van der Waals surface area contributed by atoms with Gasteiger partial charge in [0.05, 0.1) is 0 Å². The summed E-state index contributed by atoms with van der Waals surface area (Å²) in [7, 11) is 0. The Kier molecular flexibility index (Phi) is 7.16. The molecule has 1 saturated heterocycles. The third-order valence-corrected chi connectivity index (χ3v) is 3.60. The van der Waals surface area contributed by atoms with E-state index in [1.54, 1.807) is 24.3 Å². The normalized spacial score (nSPS) is 16.0. The van der Waals surface area contributed by atoms with E-state index in [1.807, 2.05) is 0 Å². The van der Waals surface area contributed by atoms with Crippen molar-refractivity contribution in [3.8, 4) is 0 Å². The van der Waals surface area contributed by atoms with Crippen LogP contribution in [-0.2, 0) is 11.2 Å². The minimum Gasteiger partial charge on any atom is -0.326 e. The van der Waals surface area contributed by atoms with Crippen molar-refractivity contribution in [3.63, 3.8) is 0 Å². The zero-order chi connectivity index (χ0) is 15.3. The van der Waals surface area contributed by atoms with Crippen LogP contribution in [0.15, 0.2) is 24.3 Å². The first-order valence-electron chi connectivity index (χ1n) is 7.11. The molecule has 1 aliphatic rings. The Morgan fingerprint density at radius 1 is 1.27 bits per heavy atom. The zero-order valence-electron chi connectivity index (χ0n) is 12.1. The predicted octanol–water partition coefficient (Wildman–Crippen LogP) is 3.54. The number of anilines is 1. The Hall–Kier alpha value is -1.27. The number of halogens is 4. The van der Waals surface area contributed by atoms with Crippen LogP contribution >= 0.6 is 12.4 Å². The maximum atomic E-state index is 12.2. The van der Waals surface area contributed by atoms with Gasteiger partial charge in [-0.05, 0) is 50.0 Å². The van der Waals surface area contributed by atoms with Gasteiger partial charge in [-0.25, -0.2) is 0 Å². The highest BCUT2D eigenvalue weighted by Gasteiger charge is 2.26. The molecule has 1 aromatic rings. The number of alkyl halides is 3. The molecule has 22 heavy (non-hydrogen) atoms. The molecule has 0 radical (unpaired) electrons. The van der Waals surface area contributed by atoms with E-state index in [0.717, 1.165) is 25.9 Å². The number of hydrogen-bond donors (Lipinski definition) is 2. The molecule has 7 heteroatoms. The van der Waals surface area contributed by atoms with Crippen molar-refractivity contribution in [1.29, 1.82) is 0 Å². The van der Waals surface area contributed by atoms with Crippen molar-refractivity contribution in [2.24, 2.45) is 5.92 Å². The van der Waals surface area contributed by atoms with Crippen molar-refractivity contribution < 1.29 is 18.0 Å². The largest absolute Gasteiger partial charge is 0.389 e. The van der Waals surface area contributed by atoms with Gasteiger partial charge in [-0.1, -0.05) is 12.1 Å².